The zero-order valence-corrected chi connectivity index (χ0v) is 10.3. The van der Waals surface area contributed by atoms with Gasteiger partial charge in [0.15, 0.2) is 0 Å². The van der Waals surface area contributed by atoms with Crippen molar-refractivity contribution in [1.29, 1.82) is 0 Å². The summed E-state index contributed by atoms with van der Waals surface area (Å²) in [4.78, 5) is 1.64. The summed E-state index contributed by atoms with van der Waals surface area (Å²) in [5.41, 5.74) is 1.37. The van der Waals surface area contributed by atoms with E-state index in [0.717, 1.165) is 5.56 Å². The number of aryl methyl sites for hydroxylation is 1. The lowest BCUT2D eigenvalue weighted by molar-refractivity contribution is -0.0689. The summed E-state index contributed by atoms with van der Waals surface area (Å²) >= 11 is 0. The van der Waals surface area contributed by atoms with Gasteiger partial charge in [-0.1, -0.05) is 12.1 Å². The van der Waals surface area contributed by atoms with Crippen LogP contribution in [0.4, 0.5) is 13.2 Å². The fraction of sp³-hybridized carbons (Fsp3) is 0.538. The Kier molecular flexibility index (Phi) is 3.92. The average molecular weight is 259 g/mol. The van der Waals surface area contributed by atoms with Crippen LogP contribution >= 0.6 is 0 Å². The maximum atomic E-state index is 13.3. The number of hydrogen-bond donors (Lipinski definition) is 0. The lowest BCUT2D eigenvalue weighted by atomic mass is 10.1. The highest BCUT2D eigenvalue weighted by molar-refractivity contribution is 5.23. The quantitative estimate of drug-likeness (QED) is 0.809. The van der Waals surface area contributed by atoms with Gasteiger partial charge in [-0.05, 0) is 24.1 Å². The third-order valence-electron chi connectivity index (χ3n) is 2.95. The average Bonchev–Trinajstić information content (AvgIpc) is 2.44. The van der Waals surface area contributed by atoms with Gasteiger partial charge in [-0.25, -0.2) is 13.2 Å². The van der Waals surface area contributed by atoms with Gasteiger partial charge in [0.1, 0.15) is 12.4 Å². The molecule has 2 rings (SSSR count). The Bertz CT molecular complexity index is 423. The van der Waals surface area contributed by atoms with E-state index in [1.165, 1.54) is 6.07 Å². The topological polar surface area (TPSA) is 12.5 Å². The maximum Gasteiger partial charge on any atom is 0.283 e. The number of halogens is 3. The number of nitrogens with zero attached hydrogens (tertiary/aromatic N) is 1. The van der Waals surface area contributed by atoms with Crippen LogP contribution in [-0.4, -0.2) is 37.1 Å². The molecule has 0 amide bonds. The molecule has 1 aliphatic rings. The Morgan fingerprint density at radius 3 is 2.89 bits per heavy atom. The van der Waals surface area contributed by atoms with Crippen LogP contribution in [0.25, 0.3) is 0 Å². The summed E-state index contributed by atoms with van der Waals surface area (Å²) in [5.74, 6) is -3.09. The molecule has 1 aliphatic heterocycles. The van der Waals surface area contributed by atoms with Crippen LogP contribution in [-0.2, 0) is 11.3 Å². The van der Waals surface area contributed by atoms with Crippen LogP contribution in [0.15, 0.2) is 18.2 Å². The Morgan fingerprint density at radius 2 is 2.17 bits per heavy atom. The van der Waals surface area contributed by atoms with Crippen molar-refractivity contribution in [1.82, 2.24) is 4.90 Å². The SMILES string of the molecule is Cc1cc(CN2CCOCC(F)(F)C2)ccc1F. The van der Waals surface area contributed by atoms with Crippen LogP contribution in [0, 0.1) is 12.7 Å². The van der Waals surface area contributed by atoms with E-state index in [-0.39, 0.29) is 12.4 Å². The summed E-state index contributed by atoms with van der Waals surface area (Å²) in [6, 6.07) is 4.70. The smallest absolute Gasteiger partial charge is 0.283 e. The second kappa shape index (κ2) is 5.28. The van der Waals surface area contributed by atoms with Gasteiger partial charge < -0.3 is 4.74 Å². The third-order valence-corrected chi connectivity index (χ3v) is 2.95. The molecule has 0 unspecified atom stereocenters. The largest absolute Gasteiger partial charge is 0.374 e. The zero-order chi connectivity index (χ0) is 13.2. The molecule has 0 bridgehead atoms. The van der Waals surface area contributed by atoms with E-state index in [1.807, 2.05) is 0 Å². The molecule has 1 aromatic carbocycles. The lowest BCUT2D eigenvalue weighted by Crippen LogP contribution is -2.36. The minimum Gasteiger partial charge on any atom is -0.374 e. The molecular weight excluding hydrogens is 243 g/mol. The molecule has 0 N–H and O–H groups in total. The second-order valence-electron chi connectivity index (χ2n) is 4.70. The molecule has 1 saturated heterocycles. The Labute approximate surface area is 104 Å². The molecule has 1 aromatic rings. The van der Waals surface area contributed by atoms with E-state index in [4.69, 9.17) is 4.74 Å². The Hall–Kier alpha value is -1.07. The Balaban J connectivity index is 2.05. The first kappa shape index (κ1) is 13.4. The minimum atomic E-state index is -2.81. The monoisotopic (exact) mass is 259 g/mol. The Morgan fingerprint density at radius 1 is 1.39 bits per heavy atom. The van der Waals surface area contributed by atoms with E-state index in [2.05, 4.69) is 0 Å². The van der Waals surface area contributed by atoms with E-state index < -0.39 is 12.5 Å². The van der Waals surface area contributed by atoms with Crippen molar-refractivity contribution in [3.05, 3.63) is 35.1 Å². The summed E-state index contributed by atoms with van der Waals surface area (Å²) in [6.07, 6.45) is 0. The molecule has 1 heterocycles. The van der Waals surface area contributed by atoms with Crippen LogP contribution in [0.3, 0.4) is 0 Å². The third kappa shape index (κ3) is 3.46. The van der Waals surface area contributed by atoms with Crippen molar-refractivity contribution >= 4 is 0 Å². The number of benzene rings is 1. The summed E-state index contributed by atoms with van der Waals surface area (Å²) < 4.78 is 44.6. The van der Waals surface area contributed by atoms with Crippen molar-refractivity contribution in [3.63, 3.8) is 0 Å². The van der Waals surface area contributed by atoms with Gasteiger partial charge in [-0.3, -0.25) is 4.90 Å². The van der Waals surface area contributed by atoms with Gasteiger partial charge in [-0.15, -0.1) is 0 Å². The van der Waals surface area contributed by atoms with Gasteiger partial charge in [0.2, 0.25) is 0 Å². The number of rotatable bonds is 2. The molecule has 2 nitrogen and oxygen atoms in total. The van der Waals surface area contributed by atoms with Crippen LogP contribution in [0.5, 0.6) is 0 Å². The number of ether oxygens (including phenoxy) is 1. The molecular formula is C13H16F3NO. The van der Waals surface area contributed by atoms with Crippen LogP contribution < -0.4 is 0 Å². The molecule has 0 spiro atoms. The normalized spacial score (nSPS) is 20.7. The van der Waals surface area contributed by atoms with Crippen molar-refractivity contribution in [2.75, 3.05) is 26.3 Å². The number of alkyl halides is 2. The molecule has 5 heteroatoms. The van der Waals surface area contributed by atoms with Gasteiger partial charge in [0, 0.05) is 13.1 Å². The van der Waals surface area contributed by atoms with Crippen molar-refractivity contribution in [2.24, 2.45) is 0 Å². The molecule has 0 atom stereocenters. The first-order valence-corrected chi connectivity index (χ1v) is 5.89. The standard InChI is InChI=1S/C13H16F3NO/c1-10-6-11(2-3-12(10)14)7-17-4-5-18-9-13(15,16)8-17/h2-3,6H,4-5,7-9H2,1H3. The highest BCUT2D eigenvalue weighted by Gasteiger charge is 2.34. The van der Waals surface area contributed by atoms with E-state index in [0.29, 0.717) is 25.3 Å². The highest BCUT2D eigenvalue weighted by Crippen LogP contribution is 2.20. The number of hydrogen-bond acceptors (Lipinski definition) is 2. The fourth-order valence-corrected chi connectivity index (χ4v) is 2.07. The van der Waals surface area contributed by atoms with Gasteiger partial charge in [-0.2, -0.15) is 0 Å². The van der Waals surface area contributed by atoms with Crippen LogP contribution in [0.1, 0.15) is 11.1 Å². The zero-order valence-electron chi connectivity index (χ0n) is 10.3. The van der Waals surface area contributed by atoms with E-state index >= 15 is 0 Å². The molecule has 18 heavy (non-hydrogen) atoms. The maximum absolute atomic E-state index is 13.3. The van der Waals surface area contributed by atoms with Crippen molar-refractivity contribution in [2.45, 2.75) is 19.4 Å². The predicted molar refractivity (Wildman–Crippen MR) is 62.2 cm³/mol. The second-order valence-corrected chi connectivity index (χ2v) is 4.70. The lowest BCUT2D eigenvalue weighted by Gasteiger charge is -2.23. The highest BCUT2D eigenvalue weighted by atomic mass is 19.3. The molecule has 0 aliphatic carbocycles. The molecule has 100 valence electrons. The molecule has 0 radical (unpaired) electrons. The first-order chi connectivity index (χ1) is 8.46. The summed E-state index contributed by atoms with van der Waals surface area (Å²) in [7, 11) is 0. The molecule has 1 fully saturated rings. The van der Waals surface area contributed by atoms with Crippen LogP contribution in [0.2, 0.25) is 0 Å². The molecule has 0 aromatic heterocycles. The summed E-state index contributed by atoms with van der Waals surface area (Å²) in [6.45, 7) is 1.98. The van der Waals surface area contributed by atoms with Gasteiger partial charge in [0.05, 0.1) is 13.2 Å². The summed E-state index contributed by atoms with van der Waals surface area (Å²) in [5, 5.41) is 0. The van der Waals surface area contributed by atoms with E-state index in [9.17, 15) is 13.2 Å². The van der Waals surface area contributed by atoms with Crippen molar-refractivity contribution < 1.29 is 17.9 Å². The first-order valence-electron chi connectivity index (χ1n) is 5.89. The van der Waals surface area contributed by atoms with Gasteiger partial charge >= 0.3 is 0 Å². The van der Waals surface area contributed by atoms with E-state index in [1.54, 1.807) is 24.0 Å². The van der Waals surface area contributed by atoms with Crippen molar-refractivity contribution in [3.8, 4) is 0 Å². The fourth-order valence-electron chi connectivity index (χ4n) is 2.07. The molecule has 0 saturated carbocycles. The minimum absolute atomic E-state index is 0.275. The predicted octanol–water partition coefficient (Wildman–Crippen LogP) is 2.60. The van der Waals surface area contributed by atoms with Gasteiger partial charge in [0.25, 0.3) is 5.92 Å².